The van der Waals surface area contributed by atoms with Gasteiger partial charge < -0.3 is 15.8 Å². The summed E-state index contributed by atoms with van der Waals surface area (Å²) in [4.78, 5) is 12.4. The third-order valence-corrected chi connectivity index (χ3v) is 4.90. The van der Waals surface area contributed by atoms with E-state index in [-0.39, 0.29) is 30.0 Å². The number of rotatable bonds is 3. The van der Waals surface area contributed by atoms with Crippen LogP contribution in [-0.2, 0) is 11.3 Å². The first-order chi connectivity index (χ1) is 11.7. The Balaban J connectivity index is 1.55. The van der Waals surface area contributed by atoms with Crippen LogP contribution in [-0.4, -0.2) is 31.7 Å². The van der Waals surface area contributed by atoms with Gasteiger partial charge in [0, 0.05) is 12.0 Å². The van der Waals surface area contributed by atoms with Crippen molar-refractivity contribution in [1.29, 1.82) is 0 Å². The van der Waals surface area contributed by atoms with E-state index in [0.717, 1.165) is 30.6 Å². The van der Waals surface area contributed by atoms with Gasteiger partial charge in [-0.1, -0.05) is 23.3 Å². The second-order valence-corrected chi connectivity index (χ2v) is 6.55. The summed E-state index contributed by atoms with van der Waals surface area (Å²) < 4.78 is 7.59. The van der Waals surface area contributed by atoms with Crippen LogP contribution in [0.5, 0.6) is 5.75 Å². The first-order valence-corrected chi connectivity index (χ1v) is 8.24. The number of para-hydroxylation sites is 1. The van der Waals surface area contributed by atoms with Gasteiger partial charge in [-0.3, -0.25) is 4.79 Å². The van der Waals surface area contributed by atoms with Gasteiger partial charge in [-0.05, 0) is 42.2 Å². The van der Waals surface area contributed by atoms with E-state index in [1.54, 1.807) is 0 Å². The number of nitrogens with two attached hydrogens (primary N) is 1. The van der Waals surface area contributed by atoms with E-state index >= 15 is 0 Å². The molecule has 1 aliphatic carbocycles. The molecule has 0 radical (unpaired) electrons. The summed E-state index contributed by atoms with van der Waals surface area (Å²) in [6.07, 6.45) is 5.20. The lowest BCUT2D eigenvalue weighted by atomic mass is 9.86. The van der Waals surface area contributed by atoms with Crippen LogP contribution >= 0.6 is 0 Å². The zero-order chi connectivity index (χ0) is 16.6. The summed E-state index contributed by atoms with van der Waals surface area (Å²) in [6.45, 7) is 0.00531. The number of hydrogen-bond donors (Lipinski definition) is 2. The number of aromatic nitrogens is 4. The highest BCUT2D eigenvalue weighted by Gasteiger charge is 2.43. The number of benzene rings is 1. The molecule has 1 aliphatic heterocycles. The molecule has 1 saturated carbocycles. The second kappa shape index (κ2) is 5.77. The molecule has 24 heavy (non-hydrogen) atoms. The fourth-order valence-electron chi connectivity index (χ4n) is 3.77. The lowest BCUT2D eigenvalue weighted by Gasteiger charge is -2.40. The Bertz CT molecular complexity index is 753. The largest absolute Gasteiger partial charge is 0.487 e. The SMILES string of the molecule is Nc1nnnn1CC(=O)N[C@@H]1CC2(CCCC2)Oc2ccccc21. The van der Waals surface area contributed by atoms with Crippen LogP contribution in [0.1, 0.15) is 43.7 Å². The third kappa shape index (κ3) is 2.68. The minimum Gasteiger partial charge on any atom is -0.487 e. The lowest BCUT2D eigenvalue weighted by molar-refractivity contribution is -0.123. The molecule has 2 aromatic rings. The first-order valence-electron chi connectivity index (χ1n) is 8.24. The molecule has 1 atom stereocenters. The Morgan fingerprint density at radius 2 is 2.17 bits per heavy atom. The lowest BCUT2D eigenvalue weighted by Crippen LogP contribution is -2.44. The van der Waals surface area contributed by atoms with Crippen LogP contribution < -0.4 is 15.8 Å². The van der Waals surface area contributed by atoms with Crippen LogP contribution in [0, 0.1) is 0 Å². The Morgan fingerprint density at radius 1 is 1.38 bits per heavy atom. The van der Waals surface area contributed by atoms with Crippen LogP contribution in [0.15, 0.2) is 24.3 Å². The summed E-state index contributed by atoms with van der Waals surface area (Å²) in [5, 5.41) is 13.9. The molecule has 4 rings (SSSR count). The van der Waals surface area contributed by atoms with E-state index < -0.39 is 0 Å². The highest BCUT2D eigenvalue weighted by molar-refractivity contribution is 5.76. The topological polar surface area (TPSA) is 108 Å². The van der Waals surface area contributed by atoms with Gasteiger partial charge in [-0.15, -0.1) is 0 Å². The van der Waals surface area contributed by atoms with Gasteiger partial charge in [0.15, 0.2) is 0 Å². The smallest absolute Gasteiger partial charge is 0.242 e. The van der Waals surface area contributed by atoms with E-state index in [4.69, 9.17) is 10.5 Å². The Morgan fingerprint density at radius 3 is 2.92 bits per heavy atom. The van der Waals surface area contributed by atoms with Crippen molar-refractivity contribution in [2.24, 2.45) is 0 Å². The molecule has 1 spiro atoms. The number of ether oxygens (including phenoxy) is 1. The molecule has 2 aliphatic rings. The molecule has 1 aromatic carbocycles. The van der Waals surface area contributed by atoms with Crippen LogP contribution in [0.4, 0.5) is 5.95 Å². The van der Waals surface area contributed by atoms with Gasteiger partial charge in [0.2, 0.25) is 11.9 Å². The van der Waals surface area contributed by atoms with Gasteiger partial charge in [0.05, 0.1) is 6.04 Å². The Labute approximate surface area is 139 Å². The minimum absolute atomic E-state index is 0.00531. The molecule has 1 fully saturated rings. The van der Waals surface area contributed by atoms with E-state index in [9.17, 15) is 4.79 Å². The zero-order valence-corrected chi connectivity index (χ0v) is 13.3. The quantitative estimate of drug-likeness (QED) is 0.877. The van der Waals surface area contributed by atoms with Crippen LogP contribution in [0.2, 0.25) is 0 Å². The average molecular weight is 328 g/mol. The van der Waals surface area contributed by atoms with Crippen molar-refractivity contribution in [3.05, 3.63) is 29.8 Å². The maximum absolute atomic E-state index is 12.4. The van der Waals surface area contributed by atoms with E-state index in [1.165, 1.54) is 17.5 Å². The molecule has 0 bridgehead atoms. The highest BCUT2D eigenvalue weighted by atomic mass is 16.5. The predicted octanol–water partition coefficient (Wildman–Crippen LogP) is 1.21. The number of carbonyl (C=O) groups is 1. The maximum Gasteiger partial charge on any atom is 0.242 e. The third-order valence-electron chi connectivity index (χ3n) is 4.90. The van der Waals surface area contributed by atoms with Crippen molar-refractivity contribution in [3.8, 4) is 5.75 Å². The number of carbonyl (C=O) groups excluding carboxylic acids is 1. The van der Waals surface area contributed by atoms with Gasteiger partial charge in [0.25, 0.3) is 0 Å². The second-order valence-electron chi connectivity index (χ2n) is 6.55. The predicted molar refractivity (Wildman–Crippen MR) is 86.0 cm³/mol. The minimum atomic E-state index is -0.163. The number of anilines is 1. The summed E-state index contributed by atoms with van der Waals surface area (Å²) in [6, 6.07) is 7.85. The fourth-order valence-corrected chi connectivity index (χ4v) is 3.77. The maximum atomic E-state index is 12.4. The van der Waals surface area contributed by atoms with Crippen molar-refractivity contribution in [3.63, 3.8) is 0 Å². The number of nitrogens with one attached hydrogen (secondary N) is 1. The molecule has 1 amide bonds. The number of hydrogen-bond acceptors (Lipinski definition) is 6. The van der Waals surface area contributed by atoms with Gasteiger partial charge >= 0.3 is 0 Å². The highest BCUT2D eigenvalue weighted by Crippen LogP contribution is 2.46. The van der Waals surface area contributed by atoms with Gasteiger partial charge in [0.1, 0.15) is 17.9 Å². The van der Waals surface area contributed by atoms with Gasteiger partial charge in [-0.25, -0.2) is 4.68 Å². The summed E-state index contributed by atoms with van der Waals surface area (Å²) >= 11 is 0. The molecule has 126 valence electrons. The van der Waals surface area contributed by atoms with Crippen molar-refractivity contribution < 1.29 is 9.53 Å². The van der Waals surface area contributed by atoms with E-state index in [0.29, 0.717) is 0 Å². The Kier molecular flexibility index (Phi) is 3.59. The Hall–Kier alpha value is -2.64. The molecular formula is C16H20N6O2. The van der Waals surface area contributed by atoms with Crippen LogP contribution in [0.3, 0.4) is 0 Å². The van der Waals surface area contributed by atoms with E-state index in [1.807, 2.05) is 24.3 Å². The van der Waals surface area contributed by atoms with Crippen molar-refractivity contribution in [2.75, 3.05) is 5.73 Å². The number of amides is 1. The average Bonchev–Trinajstić information content (AvgIpc) is 3.17. The molecular weight excluding hydrogens is 308 g/mol. The van der Waals surface area contributed by atoms with E-state index in [2.05, 4.69) is 20.8 Å². The molecule has 0 saturated heterocycles. The van der Waals surface area contributed by atoms with Gasteiger partial charge in [-0.2, -0.15) is 0 Å². The van der Waals surface area contributed by atoms with Crippen molar-refractivity contribution in [1.82, 2.24) is 25.5 Å². The summed E-state index contributed by atoms with van der Waals surface area (Å²) in [5.74, 6) is 0.839. The standard InChI is InChI=1S/C16H20N6O2/c17-15-19-20-21-22(15)10-14(23)18-12-9-16(7-3-4-8-16)24-13-6-2-1-5-11(12)13/h1-2,5-6,12H,3-4,7-10H2,(H,18,23)(H2,17,19,21)/t12-/m1/s1. The molecule has 8 nitrogen and oxygen atoms in total. The first kappa shape index (κ1) is 14.9. The number of tetrazole rings is 1. The molecule has 1 aromatic heterocycles. The molecule has 8 heteroatoms. The number of nitrogens with zero attached hydrogens (tertiary/aromatic N) is 4. The molecule has 3 N–H and O–H groups in total. The molecule has 2 heterocycles. The summed E-state index contributed by atoms with van der Waals surface area (Å²) in [7, 11) is 0. The van der Waals surface area contributed by atoms with Crippen molar-refractivity contribution in [2.45, 2.75) is 50.3 Å². The zero-order valence-electron chi connectivity index (χ0n) is 13.3. The number of fused-ring (bicyclic) bond motifs is 1. The fraction of sp³-hybridized carbons (Fsp3) is 0.500. The monoisotopic (exact) mass is 328 g/mol. The normalized spacial score (nSPS) is 21.2. The van der Waals surface area contributed by atoms with Crippen molar-refractivity contribution >= 4 is 11.9 Å². The number of nitrogen functional groups attached to an aromatic ring is 1. The molecule has 0 unspecified atom stereocenters. The van der Waals surface area contributed by atoms with Crippen LogP contribution in [0.25, 0.3) is 0 Å². The summed E-state index contributed by atoms with van der Waals surface area (Å²) in [5.41, 5.74) is 6.49.